The van der Waals surface area contributed by atoms with Crippen LogP contribution in [0.2, 0.25) is 0 Å². The molecule has 2 aromatic carbocycles. The SMILES string of the molecule is BrC(Cc1cnnc2ccccc12)c1ccccc1. The maximum atomic E-state index is 4.16. The van der Waals surface area contributed by atoms with Crippen LogP contribution < -0.4 is 0 Å². The third-order valence-electron chi connectivity index (χ3n) is 3.19. The highest BCUT2D eigenvalue weighted by Gasteiger charge is 2.10. The van der Waals surface area contributed by atoms with Crippen molar-refractivity contribution in [3.63, 3.8) is 0 Å². The summed E-state index contributed by atoms with van der Waals surface area (Å²) in [7, 11) is 0. The summed E-state index contributed by atoms with van der Waals surface area (Å²) in [6.07, 6.45) is 2.76. The number of rotatable bonds is 3. The molecule has 1 atom stereocenters. The Morgan fingerprint density at radius 1 is 0.947 bits per heavy atom. The van der Waals surface area contributed by atoms with Gasteiger partial charge in [-0.25, -0.2) is 0 Å². The van der Waals surface area contributed by atoms with E-state index < -0.39 is 0 Å². The fourth-order valence-electron chi connectivity index (χ4n) is 2.20. The molecule has 0 aliphatic rings. The summed E-state index contributed by atoms with van der Waals surface area (Å²) in [5, 5.41) is 9.42. The minimum Gasteiger partial charge on any atom is -0.158 e. The average Bonchev–Trinajstić information content (AvgIpc) is 2.48. The molecule has 0 radical (unpaired) electrons. The van der Waals surface area contributed by atoms with E-state index in [4.69, 9.17) is 0 Å². The van der Waals surface area contributed by atoms with Crippen LogP contribution in [-0.4, -0.2) is 10.2 Å². The van der Waals surface area contributed by atoms with Gasteiger partial charge < -0.3 is 0 Å². The van der Waals surface area contributed by atoms with E-state index in [0.717, 1.165) is 11.9 Å². The predicted molar refractivity (Wildman–Crippen MR) is 81.4 cm³/mol. The molecular weight excluding hydrogens is 300 g/mol. The van der Waals surface area contributed by atoms with E-state index in [-0.39, 0.29) is 0 Å². The molecule has 0 aliphatic heterocycles. The molecule has 0 saturated carbocycles. The van der Waals surface area contributed by atoms with E-state index in [0.29, 0.717) is 4.83 Å². The molecule has 0 aliphatic carbocycles. The number of alkyl halides is 1. The Kier molecular flexibility index (Phi) is 3.56. The predicted octanol–water partition coefficient (Wildman–Crippen LogP) is 4.31. The van der Waals surface area contributed by atoms with Gasteiger partial charge in [-0.05, 0) is 23.6 Å². The topological polar surface area (TPSA) is 25.8 Å². The van der Waals surface area contributed by atoms with E-state index in [9.17, 15) is 0 Å². The van der Waals surface area contributed by atoms with Gasteiger partial charge in [0.25, 0.3) is 0 Å². The average molecular weight is 313 g/mol. The van der Waals surface area contributed by atoms with E-state index in [1.165, 1.54) is 16.5 Å². The van der Waals surface area contributed by atoms with Gasteiger partial charge in [0.15, 0.2) is 0 Å². The fraction of sp³-hybridized carbons (Fsp3) is 0.125. The van der Waals surface area contributed by atoms with Crippen molar-refractivity contribution >= 4 is 26.8 Å². The standard InChI is InChI=1S/C16H13BrN2/c17-15(12-6-2-1-3-7-12)10-13-11-18-19-16-9-5-4-8-14(13)16/h1-9,11,15H,10H2. The molecular formula is C16H13BrN2. The van der Waals surface area contributed by atoms with Crippen molar-refractivity contribution in [3.8, 4) is 0 Å². The first-order valence-electron chi connectivity index (χ1n) is 6.23. The molecule has 19 heavy (non-hydrogen) atoms. The van der Waals surface area contributed by atoms with Crippen LogP contribution in [0.4, 0.5) is 0 Å². The van der Waals surface area contributed by atoms with Crippen molar-refractivity contribution in [1.82, 2.24) is 10.2 Å². The Labute approximate surface area is 120 Å². The Bertz CT molecular complexity index is 677. The van der Waals surface area contributed by atoms with E-state index in [1.807, 2.05) is 30.5 Å². The summed E-state index contributed by atoms with van der Waals surface area (Å²) < 4.78 is 0. The quantitative estimate of drug-likeness (QED) is 0.673. The molecule has 1 heterocycles. The zero-order valence-electron chi connectivity index (χ0n) is 10.3. The first-order chi connectivity index (χ1) is 9.34. The van der Waals surface area contributed by atoms with Crippen LogP contribution in [0, 0.1) is 0 Å². The largest absolute Gasteiger partial charge is 0.158 e. The number of halogens is 1. The maximum Gasteiger partial charge on any atom is 0.0932 e. The number of fused-ring (bicyclic) bond motifs is 1. The highest BCUT2D eigenvalue weighted by molar-refractivity contribution is 9.09. The van der Waals surface area contributed by atoms with Crippen molar-refractivity contribution in [2.24, 2.45) is 0 Å². The number of benzene rings is 2. The Balaban J connectivity index is 1.94. The zero-order valence-corrected chi connectivity index (χ0v) is 11.9. The number of hydrogen-bond acceptors (Lipinski definition) is 2. The summed E-state index contributed by atoms with van der Waals surface area (Å²) >= 11 is 3.76. The van der Waals surface area contributed by atoms with E-state index in [1.54, 1.807) is 0 Å². The first kappa shape index (κ1) is 12.3. The maximum absolute atomic E-state index is 4.16. The molecule has 3 heteroatoms. The highest BCUT2D eigenvalue weighted by atomic mass is 79.9. The number of hydrogen-bond donors (Lipinski definition) is 0. The first-order valence-corrected chi connectivity index (χ1v) is 7.14. The van der Waals surface area contributed by atoms with Gasteiger partial charge in [-0.2, -0.15) is 10.2 Å². The third kappa shape index (κ3) is 2.66. The lowest BCUT2D eigenvalue weighted by Gasteiger charge is -2.11. The molecule has 0 amide bonds. The monoisotopic (exact) mass is 312 g/mol. The summed E-state index contributed by atoms with van der Waals surface area (Å²) in [5.74, 6) is 0. The molecule has 1 unspecified atom stereocenters. The molecule has 0 bridgehead atoms. The van der Waals surface area contributed by atoms with E-state index >= 15 is 0 Å². The van der Waals surface area contributed by atoms with Gasteiger partial charge in [-0.15, -0.1) is 0 Å². The minimum absolute atomic E-state index is 0.293. The highest BCUT2D eigenvalue weighted by Crippen LogP contribution is 2.28. The molecule has 3 aromatic rings. The zero-order chi connectivity index (χ0) is 13.1. The molecule has 94 valence electrons. The molecule has 2 nitrogen and oxygen atoms in total. The van der Waals surface area contributed by atoms with Crippen LogP contribution in [0.5, 0.6) is 0 Å². The lowest BCUT2D eigenvalue weighted by Crippen LogP contribution is -1.98. The number of nitrogens with zero attached hydrogens (tertiary/aromatic N) is 2. The van der Waals surface area contributed by atoms with Gasteiger partial charge in [0.05, 0.1) is 11.7 Å². The summed E-state index contributed by atoms with van der Waals surface area (Å²) in [6.45, 7) is 0. The second kappa shape index (κ2) is 5.49. The minimum atomic E-state index is 0.293. The van der Waals surface area contributed by atoms with Gasteiger partial charge >= 0.3 is 0 Å². The Morgan fingerprint density at radius 3 is 2.53 bits per heavy atom. The second-order valence-electron chi connectivity index (χ2n) is 4.47. The molecule has 0 N–H and O–H groups in total. The lowest BCUT2D eigenvalue weighted by molar-refractivity contribution is 0.932. The smallest absolute Gasteiger partial charge is 0.0932 e. The Morgan fingerprint density at radius 2 is 1.68 bits per heavy atom. The summed E-state index contributed by atoms with van der Waals surface area (Å²) in [5.41, 5.74) is 3.45. The number of aromatic nitrogens is 2. The molecule has 0 saturated heterocycles. The van der Waals surface area contributed by atoms with Crippen molar-refractivity contribution in [2.45, 2.75) is 11.2 Å². The fourth-order valence-corrected chi connectivity index (χ4v) is 2.85. The van der Waals surface area contributed by atoms with E-state index in [2.05, 4.69) is 56.5 Å². The van der Waals surface area contributed by atoms with Crippen LogP contribution in [0.15, 0.2) is 60.8 Å². The third-order valence-corrected chi connectivity index (χ3v) is 4.04. The van der Waals surface area contributed by atoms with Crippen molar-refractivity contribution < 1.29 is 0 Å². The van der Waals surface area contributed by atoms with Crippen molar-refractivity contribution in [3.05, 3.63) is 71.9 Å². The van der Waals surface area contributed by atoms with Crippen LogP contribution >= 0.6 is 15.9 Å². The van der Waals surface area contributed by atoms with Crippen LogP contribution in [0.1, 0.15) is 16.0 Å². The van der Waals surface area contributed by atoms with Crippen LogP contribution in [-0.2, 0) is 6.42 Å². The van der Waals surface area contributed by atoms with Gasteiger partial charge in [0.1, 0.15) is 0 Å². The molecule has 0 fully saturated rings. The Hall–Kier alpha value is -1.74. The van der Waals surface area contributed by atoms with Gasteiger partial charge in [0, 0.05) is 10.2 Å². The van der Waals surface area contributed by atoms with Crippen LogP contribution in [0.3, 0.4) is 0 Å². The van der Waals surface area contributed by atoms with Gasteiger partial charge in [-0.3, -0.25) is 0 Å². The van der Waals surface area contributed by atoms with Gasteiger partial charge in [-0.1, -0.05) is 64.5 Å². The van der Waals surface area contributed by atoms with Crippen molar-refractivity contribution in [2.75, 3.05) is 0 Å². The lowest BCUT2D eigenvalue weighted by atomic mass is 10.0. The molecule has 0 spiro atoms. The molecule has 3 rings (SSSR count). The molecule has 1 aromatic heterocycles. The second-order valence-corrected chi connectivity index (χ2v) is 5.57. The summed E-state index contributed by atoms with van der Waals surface area (Å²) in [4.78, 5) is 0.293. The van der Waals surface area contributed by atoms with Crippen molar-refractivity contribution in [1.29, 1.82) is 0 Å². The summed E-state index contributed by atoms with van der Waals surface area (Å²) in [6, 6.07) is 18.6. The van der Waals surface area contributed by atoms with Gasteiger partial charge in [0.2, 0.25) is 0 Å². The van der Waals surface area contributed by atoms with Crippen LogP contribution in [0.25, 0.3) is 10.9 Å². The normalized spacial score (nSPS) is 12.5.